The van der Waals surface area contributed by atoms with E-state index in [1.165, 1.54) is 18.6 Å². The lowest BCUT2D eigenvalue weighted by atomic mass is 9.63. The van der Waals surface area contributed by atoms with Gasteiger partial charge in [-0.25, -0.2) is 0 Å². The molecule has 2 rings (SSSR count). The van der Waals surface area contributed by atoms with Crippen LogP contribution in [0.5, 0.6) is 0 Å². The maximum absolute atomic E-state index is 11.8. The molecule has 0 heterocycles. The average Bonchev–Trinajstić information content (AvgIpc) is 2.47. The summed E-state index contributed by atoms with van der Waals surface area (Å²) in [6, 6.07) is 0. The van der Waals surface area contributed by atoms with Crippen molar-refractivity contribution in [3.05, 3.63) is 34.0 Å². The molecule has 0 aromatic carbocycles. The zero-order valence-electron chi connectivity index (χ0n) is 11.7. The third-order valence-corrected chi connectivity index (χ3v) is 4.98. The molecule has 2 aliphatic rings. The first kappa shape index (κ1) is 14.8. The Morgan fingerprint density at radius 1 is 1.45 bits per heavy atom. The summed E-state index contributed by atoms with van der Waals surface area (Å²) in [7, 11) is 0. The molecular formula is C15H21NO4. The van der Waals surface area contributed by atoms with E-state index in [1.54, 1.807) is 6.08 Å². The smallest absolute Gasteiger partial charge is 0.314 e. The zero-order valence-corrected chi connectivity index (χ0v) is 11.7. The molecule has 1 N–H and O–H groups in total. The van der Waals surface area contributed by atoms with Gasteiger partial charge in [-0.15, -0.1) is 0 Å². The van der Waals surface area contributed by atoms with E-state index in [9.17, 15) is 20.0 Å². The van der Waals surface area contributed by atoms with Crippen molar-refractivity contribution in [1.29, 1.82) is 0 Å². The number of nitro groups is 1. The van der Waals surface area contributed by atoms with Crippen LogP contribution in [0.2, 0.25) is 0 Å². The van der Waals surface area contributed by atoms with Crippen molar-refractivity contribution >= 4 is 5.97 Å². The number of nitrogens with zero attached hydrogens (tertiary/aromatic N) is 1. The van der Waals surface area contributed by atoms with Gasteiger partial charge < -0.3 is 5.11 Å². The molecule has 0 saturated heterocycles. The van der Waals surface area contributed by atoms with Crippen LogP contribution in [-0.4, -0.2) is 16.0 Å². The van der Waals surface area contributed by atoms with Gasteiger partial charge in [0, 0.05) is 6.08 Å². The molecule has 2 aliphatic carbocycles. The van der Waals surface area contributed by atoms with E-state index in [0.717, 1.165) is 25.7 Å². The predicted molar refractivity (Wildman–Crippen MR) is 74.6 cm³/mol. The molecule has 2 atom stereocenters. The lowest BCUT2D eigenvalue weighted by molar-refractivity contribution is -0.419. The number of rotatable bonds is 4. The minimum atomic E-state index is -0.985. The Labute approximate surface area is 118 Å². The largest absolute Gasteiger partial charge is 0.481 e. The average molecular weight is 279 g/mol. The Morgan fingerprint density at radius 3 is 2.55 bits per heavy atom. The van der Waals surface area contributed by atoms with Crippen LogP contribution in [0.3, 0.4) is 0 Å². The summed E-state index contributed by atoms with van der Waals surface area (Å²) in [4.78, 5) is 22.1. The quantitative estimate of drug-likeness (QED) is 0.631. The number of carboxylic acids is 1. The second kappa shape index (κ2) is 5.77. The van der Waals surface area contributed by atoms with E-state index in [-0.39, 0.29) is 18.0 Å². The van der Waals surface area contributed by atoms with Crippen molar-refractivity contribution < 1.29 is 14.8 Å². The van der Waals surface area contributed by atoms with Crippen LogP contribution >= 0.6 is 0 Å². The third kappa shape index (κ3) is 2.62. The first-order valence-corrected chi connectivity index (χ1v) is 7.24. The Morgan fingerprint density at radius 2 is 2.10 bits per heavy atom. The van der Waals surface area contributed by atoms with Crippen LogP contribution in [0.4, 0.5) is 0 Å². The van der Waals surface area contributed by atoms with E-state index in [4.69, 9.17) is 0 Å². The molecule has 0 aliphatic heterocycles. The lowest BCUT2D eigenvalue weighted by Crippen LogP contribution is -2.40. The summed E-state index contributed by atoms with van der Waals surface area (Å²) in [5, 5.41) is 20.4. The number of aliphatic carboxylic acids is 1. The topological polar surface area (TPSA) is 80.4 Å². The van der Waals surface area contributed by atoms with Crippen molar-refractivity contribution in [2.75, 3.05) is 0 Å². The van der Waals surface area contributed by atoms with E-state index < -0.39 is 16.3 Å². The highest BCUT2D eigenvalue weighted by Gasteiger charge is 2.46. The molecule has 0 amide bonds. The molecule has 1 unspecified atom stereocenters. The Kier molecular flexibility index (Phi) is 4.26. The molecule has 0 aromatic rings. The van der Waals surface area contributed by atoms with Crippen molar-refractivity contribution in [2.45, 2.75) is 45.4 Å². The minimum absolute atomic E-state index is 0.00102. The summed E-state index contributed by atoms with van der Waals surface area (Å²) >= 11 is 0. The van der Waals surface area contributed by atoms with Crippen LogP contribution < -0.4 is 0 Å². The molecule has 0 aromatic heterocycles. The van der Waals surface area contributed by atoms with Gasteiger partial charge in [-0.1, -0.05) is 45.1 Å². The van der Waals surface area contributed by atoms with Crippen molar-refractivity contribution in [3.8, 4) is 0 Å². The molecule has 110 valence electrons. The maximum Gasteiger partial charge on any atom is 0.314 e. The summed E-state index contributed by atoms with van der Waals surface area (Å²) in [6.07, 6.45) is 10.2. The van der Waals surface area contributed by atoms with Gasteiger partial charge in [0.05, 0.1) is 10.3 Å². The van der Waals surface area contributed by atoms with Crippen LogP contribution in [0.25, 0.3) is 0 Å². The van der Waals surface area contributed by atoms with Gasteiger partial charge in [0.15, 0.2) is 0 Å². The highest BCUT2D eigenvalue weighted by Crippen LogP contribution is 2.45. The second-order valence-corrected chi connectivity index (χ2v) is 5.96. The van der Waals surface area contributed by atoms with Gasteiger partial charge in [0.2, 0.25) is 0 Å². The number of carboxylic acid groups (broad SMARTS) is 1. The fraction of sp³-hybridized carbons (Fsp3) is 0.667. The standard InChI is InChI=1S/C15H21NO4/c1-11(12-5-3-2-4-6-12)15(14(17)18)9-7-13(8-10-15)16(19)20/h7-9,11-12H,2-6,10H2,1H3,(H,17,18)/t11?,15-/m1/s1. The summed E-state index contributed by atoms with van der Waals surface area (Å²) < 4.78 is 0. The third-order valence-electron chi connectivity index (χ3n) is 4.98. The molecule has 0 spiro atoms. The molecular weight excluding hydrogens is 258 g/mol. The van der Waals surface area contributed by atoms with Crippen LogP contribution in [-0.2, 0) is 4.79 Å². The number of hydrogen-bond donors (Lipinski definition) is 1. The zero-order chi connectivity index (χ0) is 14.8. The Hall–Kier alpha value is -1.65. The molecule has 5 heteroatoms. The molecule has 0 bridgehead atoms. The fourth-order valence-corrected chi connectivity index (χ4v) is 3.52. The highest BCUT2D eigenvalue weighted by atomic mass is 16.6. The van der Waals surface area contributed by atoms with E-state index in [1.807, 2.05) is 6.92 Å². The molecule has 5 nitrogen and oxygen atoms in total. The monoisotopic (exact) mass is 279 g/mol. The summed E-state index contributed by atoms with van der Waals surface area (Å²) in [5.74, 6) is -0.471. The van der Waals surface area contributed by atoms with Crippen LogP contribution in [0.1, 0.15) is 45.4 Å². The van der Waals surface area contributed by atoms with Gasteiger partial charge in [-0.05, 0) is 24.3 Å². The van der Waals surface area contributed by atoms with Gasteiger partial charge in [0.25, 0.3) is 5.70 Å². The van der Waals surface area contributed by atoms with Crippen LogP contribution in [0, 0.1) is 27.4 Å². The SMILES string of the molecule is CC(C1CCCCC1)[C@@]1(C(=O)O)C=CC([N+](=O)[O-])=CC1. The first-order valence-electron chi connectivity index (χ1n) is 7.24. The molecule has 20 heavy (non-hydrogen) atoms. The van der Waals surface area contributed by atoms with E-state index >= 15 is 0 Å². The van der Waals surface area contributed by atoms with Gasteiger partial charge in [-0.3, -0.25) is 14.9 Å². The molecule has 1 saturated carbocycles. The Balaban J connectivity index is 2.21. The predicted octanol–water partition coefficient (Wildman–Crippen LogP) is 3.39. The number of carbonyl (C=O) groups is 1. The lowest BCUT2D eigenvalue weighted by Gasteiger charge is -2.39. The van der Waals surface area contributed by atoms with E-state index in [2.05, 4.69) is 0 Å². The van der Waals surface area contributed by atoms with Crippen molar-refractivity contribution in [1.82, 2.24) is 0 Å². The fourth-order valence-electron chi connectivity index (χ4n) is 3.52. The highest BCUT2D eigenvalue weighted by molar-refractivity contribution is 5.78. The van der Waals surface area contributed by atoms with Crippen molar-refractivity contribution in [2.24, 2.45) is 17.3 Å². The van der Waals surface area contributed by atoms with Gasteiger partial charge >= 0.3 is 5.97 Å². The van der Waals surface area contributed by atoms with Crippen LogP contribution in [0.15, 0.2) is 23.9 Å². The summed E-state index contributed by atoms with van der Waals surface area (Å²) in [5.41, 5.74) is -0.987. The van der Waals surface area contributed by atoms with Gasteiger partial charge in [-0.2, -0.15) is 0 Å². The normalized spacial score (nSPS) is 28.8. The Bertz CT molecular complexity index is 462. The molecule has 1 fully saturated rings. The van der Waals surface area contributed by atoms with E-state index in [0.29, 0.717) is 5.92 Å². The van der Waals surface area contributed by atoms with Crippen molar-refractivity contribution in [3.63, 3.8) is 0 Å². The maximum atomic E-state index is 11.8. The summed E-state index contributed by atoms with van der Waals surface area (Å²) in [6.45, 7) is 1.99. The van der Waals surface area contributed by atoms with Gasteiger partial charge in [0.1, 0.15) is 0 Å². The number of hydrogen-bond acceptors (Lipinski definition) is 3. The minimum Gasteiger partial charge on any atom is -0.481 e. The second-order valence-electron chi connectivity index (χ2n) is 5.96. The number of allylic oxidation sites excluding steroid dienone is 2. The first-order chi connectivity index (χ1) is 9.47. The molecule has 0 radical (unpaired) electrons.